The number of carbonyl (C=O) groups is 4. The highest BCUT2D eigenvalue weighted by molar-refractivity contribution is 7.91. The van der Waals surface area contributed by atoms with Gasteiger partial charge in [-0.25, -0.2) is 18.2 Å². The lowest BCUT2D eigenvalue weighted by Gasteiger charge is -2.32. The zero-order chi connectivity index (χ0) is 41.5. The Morgan fingerprint density at radius 2 is 1.85 bits per heavy atom. The molecule has 3 heterocycles. The van der Waals surface area contributed by atoms with E-state index in [2.05, 4.69) is 21.9 Å². The van der Waals surface area contributed by atoms with E-state index < -0.39 is 68.7 Å². The molecule has 1 aromatic heterocycles. The Morgan fingerprint density at radius 1 is 1.08 bits per heavy atom. The minimum absolute atomic E-state index is 0.0125. The Labute approximate surface area is 344 Å². The number of carbonyl (C=O) groups excluding carboxylic acids is 4. The van der Waals surface area contributed by atoms with Crippen molar-refractivity contribution in [2.24, 2.45) is 17.8 Å². The summed E-state index contributed by atoms with van der Waals surface area (Å²) in [6.07, 6.45) is 8.94. The number of benzene rings is 2. The van der Waals surface area contributed by atoms with Gasteiger partial charge < -0.3 is 29.7 Å². The quantitative estimate of drug-likeness (QED) is 0.241. The fraction of sp³-hybridized carbons (Fsp3) is 0.477. The Morgan fingerprint density at radius 3 is 2.54 bits per heavy atom. The lowest BCUT2D eigenvalue weighted by molar-refractivity contribution is -0.142. The van der Waals surface area contributed by atoms with Gasteiger partial charge in [0.05, 0.1) is 36.7 Å². The number of fused-ring (bicyclic) bond motifs is 3. The third-order valence-corrected chi connectivity index (χ3v) is 14.1. The summed E-state index contributed by atoms with van der Waals surface area (Å²) in [6.45, 7) is 5.88. The molecule has 4 bridgehead atoms. The van der Waals surface area contributed by atoms with Crippen molar-refractivity contribution in [2.75, 3.05) is 20.3 Å². The summed E-state index contributed by atoms with van der Waals surface area (Å²) in [4.78, 5) is 62.9. The molecular formula is C44H51N5O9S. The SMILES string of the molecule is C=C[C@H]1C[C@]1(NC(=O)[C@@H]1C[C@@H]2CN1C(=O)[C@H](C1CCCC1)NC(=O)OCC(C)C/C=C/c1cc3c(cc(-c4ccccc4)nc3cc1OC)O2)C(=O)NS(=O)(=O)C1CC1. The number of nitrogens with zero attached hydrogens (tertiary/aromatic N) is 2. The molecule has 59 heavy (non-hydrogen) atoms. The Bertz CT molecular complexity index is 2290. The smallest absolute Gasteiger partial charge is 0.407 e. The molecule has 1 unspecified atom stereocenters. The molecule has 0 spiro atoms. The second-order valence-electron chi connectivity index (χ2n) is 16.7. The van der Waals surface area contributed by atoms with Gasteiger partial charge in [0.2, 0.25) is 21.8 Å². The van der Waals surface area contributed by atoms with E-state index in [0.717, 1.165) is 24.0 Å². The number of methoxy groups -OCH3 is 1. The molecule has 3 aliphatic carbocycles. The molecule has 8 rings (SSSR count). The molecule has 15 heteroatoms. The average Bonchev–Trinajstić information content (AvgIpc) is 4.10. The number of allylic oxidation sites excluding steroid dienone is 1. The number of amides is 4. The van der Waals surface area contributed by atoms with Crippen LogP contribution in [0.1, 0.15) is 70.3 Å². The molecule has 6 atom stereocenters. The lowest BCUT2D eigenvalue weighted by atomic mass is 9.96. The van der Waals surface area contributed by atoms with Crippen LogP contribution in [0.15, 0.2) is 67.3 Å². The van der Waals surface area contributed by atoms with Crippen LogP contribution in [0.2, 0.25) is 0 Å². The van der Waals surface area contributed by atoms with Crippen LogP contribution in [-0.2, 0) is 29.1 Å². The number of alkyl carbamates (subject to hydrolysis) is 1. The molecule has 14 nitrogen and oxygen atoms in total. The highest BCUT2D eigenvalue weighted by Crippen LogP contribution is 2.46. The first-order valence-corrected chi connectivity index (χ1v) is 22.1. The van der Waals surface area contributed by atoms with Crippen LogP contribution in [0.5, 0.6) is 11.5 Å². The summed E-state index contributed by atoms with van der Waals surface area (Å²) in [5.41, 5.74) is 1.35. The van der Waals surface area contributed by atoms with Crippen molar-refractivity contribution in [1.29, 1.82) is 0 Å². The van der Waals surface area contributed by atoms with E-state index in [1.807, 2.05) is 67.6 Å². The second-order valence-corrected chi connectivity index (χ2v) is 18.6. The number of aromatic nitrogens is 1. The average molecular weight is 826 g/mol. The number of nitrogens with one attached hydrogen (secondary N) is 3. The highest BCUT2D eigenvalue weighted by Gasteiger charge is 2.62. The summed E-state index contributed by atoms with van der Waals surface area (Å²) in [5.74, 6) is -1.59. The van der Waals surface area contributed by atoms with Gasteiger partial charge in [0.1, 0.15) is 35.2 Å². The molecule has 0 radical (unpaired) electrons. The molecule has 2 aliphatic heterocycles. The summed E-state index contributed by atoms with van der Waals surface area (Å²) in [6, 6.07) is 13.2. The molecule has 5 aliphatic rings. The zero-order valence-electron chi connectivity index (χ0n) is 33.4. The van der Waals surface area contributed by atoms with Crippen LogP contribution < -0.4 is 24.8 Å². The van der Waals surface area contributed by atoms with Gasteiger partial charge >= 0.3 is 6.09 Å². The molecule has 2 aromatic carbocycles. The van der Waals surface area contributed by atoms with Gasteiger partial charge in [-0.3, -0.25) is 19.1 Å². The van der Waals surface area contributed by atoms with Crippen molar-refractivity contribution in [3.63, 3.8) is 0 Å². The third-order valence-electron chi connectivity index (χ3n) is 12.3. The van der Waals surface area contributed by atoms with Gasteiger partial charge in [0.25, 0.3) is 5.91 Å². The summed E-state index contributed by atoms with van der Waals surface area (Å²) < 4.78 is 46.2. The molecule has 3 aromatic rings. The molecule has 3 N–H and O–H groups in total. The number of hydrogen-bond donors (Lipinski definition) is 3. The van der Waals surface area contributed by atoms with E-state index >= 15 is 0 Å². The van der Waals surface area contributed by atoms with Gasteiger partial charge in [0.15, 0.2) is 0 Å². The normalized spacial score (nSPS) is 28.1. The van der Waals surface area contributed by atoms with E-state index in [-0.39, 0.29) is 37.8 Å². The first kappa shape index (κ1) is 40.3. The monoisotopic (exact) mass is 825 g/mol. The van der Waals surface area contributed by atoms with Crippen LogP contribution in [0.4, 0.5) is 4.79 Å². The van der Waals surface area contributed by atoms with E-state index in [1.165, 1.54) is 11.0 Å². The predicted octanol–water partition coefficient (Wildman–Crippen LogP) is 5.27. The van der Waals surface area contributed by atoms with E-state index in [9.17, 15) is 27.6 Å². The number of hydrogen-bond acceptors (Lipinski definition) is 10. The van der Waals surface area contributed by atoms with Crippen LogP contribution in [-0.4, -0.2) is 91.4 Å². The van der Waals surface area contributed by atoms with Crippen LogP contribution in [0.3, 0.4) is 0 Å². The van der Waals surface area contributed by atoms with Crippen molar-refractivity contribution in [2.45, 2.75) is 93.7 Å². The van der Waals surface area contributed by atoms with Crippen LogP contribution >= 0.6 is 0 Å². The largest absolute Gasteiger partial charge is 0.496 e. The Hall–Kier alpha value is -5.44. The standard InChI is InChI=1S/C44H51N5O9S/c1-4-30-23-44(30,42(52)48-59(54,55)32-17-18-32)47-40(50)36-20-31-24-49(36)41(51)39(28-14-8-9-15-28)46-43(53)57-25-26(2)11-10-16-29-19-33-35(22-37(29)56-3)45-34(21-38(33)58-31)27-12-6-5-7-13-27/h4-7,10,12-13,16,19,21-22,26,28,30-32,36,39H,1,8-9,11,14-15,17-18,20,23-25H2,2-3H3,(H,46,53)(H,47,50)(H,48,52)/b16-10+/t26?,30-,31+,36-,39-,44+/m0/s1. The van der Waals surface area contributed by atoms with Crippen molar-refractivity contribution < 1.29 is 41.8 Å². The van der Waals surface area contributed by atoms with Crippen molar-refractivity contribution in [3.8, 4) is 22.8 Å². The maximum absolute atomic E-state index is 14.9. The van der Waals surface area contributed by atoms with Gasteiger partial charge in [0, 0.05) is 41.0 Å². The van der Waals surface area contributed by atoms with E-state index in [1.54, 1.807) is 7.11 Å². The summed E-state index contributed by atoms with van der Waals surface area (Å²) in [5, 5.41) is 5.78. The highest BCUT2D eigenvalue weighted by atomic mass is 32.2. The van der Waals surface area contributed by atoms with Crippen molar-refractivity contribution in [1.82, 2.24) is 25.2 Å². The Kier molecular flexibility index (Phi) is 11.2. The molecular weight excluding hydrogens is 775 g/mol. The second kappa shape index (κ2) is 16.3. The van der Waals surface area contributed by atoms with Crippen LogP contribution in [0.25, 0.3) is 28.2 Å². The number of pyridine rings is 1. The third kappa shape index (κ3) is 8.39. The van der Waals surface area contributed by atoms with Gasteiger partial charge in [-0.15, -0.1) is 6.58 Å². The fourth-order valence-corrected chi connectivity index (χ4v) is 10.1. The molecule has 1 saturated heterocycles. The number of ether oxygens (including phenoxy) is 3. The molecule has 3 saturated carbocycles. The van der Waals surface area contributed by atoms with E-state index in [0.29, 0.717) is 60.2 Å². The minimum atomic E-state index is -3.91. The summed E-state index contributed by atoms with van der Waals surface area (Å²) in [7, 11) is -2.32. The van der Waals surface area contributed by atoms with Gasteiger partial charge in [-0.2, -0.15) is 0 Å². The summed E-state index contributed by atoms with van der Waals surface area (Å²) >= 11 is 0. The first-order valence-electron chi connectivity index (χ1n) is 20.5. The lowest BCUT2D eigenvalue weighted by Crippen LogP contribution is -2.59. The van der Waals surface area contributed by atoms with Crippen LogP contribution in [0, 0.1) is 17.8 Å². The Balaban J connectivity index is 1.19. The van der Waals surface area contributed by atoms with Gasteiger partial charge in [-0.1, -0.05) is 68.3 Å². The number of cyclic esters (lactones) is 1. The molecule has 4 fully saturated rings. The van der Waals surface area contributed by atoms with Crippen molar-refractivity contribution in [3.05, 3.63) is 72.8 Å². The molecule has 4 amide bonds. The topological polar surface area (TPSA) is 182 Å². The molecule has 312 valence electrons. The number of sulfonamides is 1. The maximum atomic E-state index is 14.9. The van der Waals surface area contributed by atoms with E-state index in [4.69, 9.17) is 19.2 Å². The zero-order valence-corrected chi connectivity index (χ0v) is 34.2. The fourth-order valence-electron chi connectivity index (χ4n) is 8.71. The van der Waals surface area contributed by atoms with Crippen molar-refractivity contribution >= 4 is 50.8 Å². The van der Waals surface area contributed by atoms with Gasteiger partial charge in [-0.05, 0) is 56.4 Å². The maximum Gasteiger partial charge on any atom is 0.407 e. The predicted molar refractivity (Wildman–Crippen MR) is 221 cm³/mol. The number of rotatable bonds is 9. The first-order chi connectivity index (χ1) is 28.4. The minimum Gasteiger partial charge on any atom is -0.496 e.